The van der Waals surface area contributed by atoms with Crippen LogP contribution in [0.2, 0.25) is 0 Å². The summed E-state index contributed by atoms with van der Waals surface area (Å²) in [5.41, 5.74) is 2.26. The average Bonchev–Trinajstić information content (AvgIpc) is 2.69. The Hall–Kier alpha value is -1.32. The largest absolute Gasteiger partial charge is 0.486 e. The quantitative estimate of drug-likeness (QED) is 0.843. The van der Waals surface area contributed by atoms with Crippen molar-refractivity contribution < 1.29 is 4.74 Å². The van der Waals surface area contributed by atoms with Gasteiger partial charge in [-0.05, 0) is 44.5 Å². The second kappa shape index (κ2) is 5.47. The molecule has 0 saturated heterocycles. The summed E-state index contributed by atoms with van der Waals surface area (Å²) in [6, 6.07) is 17.2. The lowest BCUT2D eigenvalue weighted by Crippen LogP contribution is -2.40. The fourth-order valence-electron chi connectivity index (χ4n) is 2.94. The molecule has 0 fully saturated rings. The highest BCUT2D eigenvalue weighted by atomic mass is 79.9. The van der Waals surface area contributed by atoms with Crippen LogP contribution >= 0.6 is 15.9 Å². The van der Waals surface area contributed by atoms with Crippen molar-refractivity contribution in [1.29, 1.82) is 0 Å². The summed E-state index contributed by atoms with van der Waals surface area (Å²) in [7, 11) is 0. The number of fused-ring (bicyclic) bond motifs is 1. The lowest BCUT2D eigenvalue weighted by molar-refractivity contribution is 0.0919. The van der Waals surface area contributed by atoms with E-state index in [-0.39, 0.29) is 17.7 Å². The van der Waals surface area contributed by atoms with Gasteiger partial charge >= 0.3 is 0 Å². The van der Waals surface area contributed by atoms with Gasteiger partial charge in [0.2, 0.25) is 0 Å². The van der Waals surface area contributed by atoms with Crippen LogP contribution in [0.5, 0.6) is 5.75 Å². The van der Waals surface area contributed by atoms with Gasteiger partial charge in [-0.15, -0.1) is 0 Å². The number of benzene rings is 2. The lowest BCUT2D eigenvalue weighted by atomic mass is 9.93. The van der Waals surface area contributed by atoms with Crippen molar-refractivity contribution in [3.05, 3.63) is 64.1 Å². The fourth-order valence-corrected chi connectivity index (χ4v) is 3.36. The summed E-state index contributed by atoms with van der Waals surface area (Å²) >= 11 is 3.54. The van der Waals surface area contributed by atoms with Crippen LogP contribution in [0, 0.1) is 0 Å². The Morgan fingerprint density at radius 1 is 1.14 bits per heavy atom. The molecule has 0 radical (unpaired) electrons. The van der Waals surface area contributed by atoms with E-state index in [0.717, 1.165) is 10.2 Å². The first kappa shape index (κ1) is 14.6. The molecule has 2 nitrogen and oxygen atoms in total. The first-order chi connectivity index (χ1) is 9.97. The monoisotopic (exact) mass is 345 g/mol. The van der Waals surface area contributed by atoms with Crippen LogP contribution in [0.3, 0.4) is 0 Å². The molecule has 2 aromatic rings. The van der Waals surface area contributed by atoms with Crippen molar-refractivity contribution in [1.82, 2.24) is 5.32 Å². The summed E-state index contributed by atoms with van der Waals surface area (Å²) < 4.78 is 7.20. The van der Waals surface area contributed by atoms with Crippen LogP contribution in [0.15, 0.2) is 53.0 Å². The Bertz CT molecular complexity index is 653. The number of rotatable bonds is 3. The molecule has 2 atom stereocenters. The highest BCUT2D eigenvalue weighted by molar-refractivity contribution is 9.10. The second-order valence-corrected chi connectivity index (χ2v) is 7.04. The first-order valence-electron chi connectivity index (χ1n) is 7.27. The van der Waals surface area contributed by atoms with Crippen LogP contribution in [0.4, 0.5) is 0 Å². The summed E-state index contributed by atoms with van der Waals surface area (Å²) in [6.07, 6.45) is 0. The maximum Gasteiger partial charge on any atom is 0.125 e. The van der Waals surface area contributed by atoms with E-state index < -0.39 is 0 Å². The van der Waals surface area contributed by atoms with Gasteiger partial charge in [0.25, 0.3) is 0 Å². The van der Waals surface area contributed by atoms with Crippen molar-refractivity contribution in [2.75, 3.05) is 0 Å². The van der Waals surface area contributed by atoms with E-state index in [2.05, 4.69) is 72.3 Å². The zero-order valence-corrected chi connectivity index (χ0v) is 14.1. The van der Waals surface area contributed by atoms with Gasteiger partial charge < -0.3 is 4.74 Å². The van der Waals surface area contributed by atoms with Crippen LogP contribution in [0.25, 0.3) is 0 Å². The van der Waals surface area contributed by atoms with E-state index >= 15 is 0 Å². The van der Waals surface area contributed by atoms with Crippen LogP contribution in [0.1, 0.15) is 44.0 Å². The van der Waals surface area contributed by atoms with E-state index in [0.29, 0.717) is 0 Å². The Kier molecular flexibility index (Phi) is 3.80. The minimum atomic E-state index is -0.246. The Morgan fingerprint density at radius 2 is 1.90 bits per heavy atom. The first-order valence-corrected chi connectivity index (χ1v) is 8.06. The lowest BCUT2D eigenvalue weighted by Gasteiger charge is -2.30. The highest BCUT2D eigenvalue weighted by Crippen LogP contribution is 2.43. The van der Waals surface area contributed by atoms with Crippen molar-refractivity contribution in [3.8, 4) is 5.75 Å². The van der Waals surface area contributed by atoms with Crippen LogP contribution in [-0.4, -0.2) is 5.60 Å². The fraction of sp³-hybridized carbons (Fsp3) is 0.333. The van der Waals surface area contributed by atoms with Crippen molar-refractivity contribution in [2.45, 2.75) is 38.5 Å². The van der Waals surface area contributed by atoms with Crippen molar-refractivity contribution >= 4 is 15.9 Å². The predicted octanol–water partition coefficient (Wildman–Crippen LogP) is 5.01. The number of para-hydroxylation sites is 1. The zero-order valence-electron chi connectivity index (χ0n) is 12.6. The summed E-state index contributed by atoms with van der Waals surface area (Å²) in [5.74, 6) is 0.987. The molecular weight excluding hydrogens is 326 g/mol. The minimum absolute atomic E-state index is 0.183. The van der Waals surface area contributed by atoms with E-state index in [1.165, 1.54) is 11.1 Å². The molecule has 1 heterocycles. The number of nitrogens with one attached hydrogen (secondary N) is 1. The molecule has 0 saturated carbocycles. The number of ether oxygens (including phenoxy) is 1. The molecule has 0 amide bonds. The third kappa shape index (κ3) is 2.85. The average molecular weight is 346 g/mol. The Labute approximate surface area is 134 Å². The Morgan fingerprint density at radius 3 is 2.67 bits per heavy atom. The molecule has 1 aliphatic heterocycles. The maximum atomic E-state index is 6.10. The molecule has 1 unspecified atom stereocenters. The molecule has 0 aliphatic carbocycles. The van der Waals surface area contributed by atoms with Gasteiger partial charge in [-0.25, -0.2) is 0 Å². The minimum Gasteiger partial charge on any atom is -0.486 e. The number of hydrogen-bond acceptors (Lipinski definition) is 2. The number of halogens is 1. The third-order valence-electron chi connectivity index (χ3n) is 4.06. The molecular formula is C18H20BrNO. The predicted molar refractivity (Wildman–Crippen MR) is 89.6 cm³/mol. The Balaban J connectivity index is 1.87. The molecule has 21 heavy (non-hydrogen) atoms. The molecule has 0 spiro atoms. The topological polar surface area (TPSA) is 21.3 Å². The van der Waals surface area contributed by atoms with Gasteiger partial charge in [-0.3, -0.25) is 5.32 Å². The standard InChI is InChI=1S/C18H20BrNO/c1-12(13-7-6-8-14(19)11-13)20-17-15-9-4-5-10-16(15)21-18(17,2)3/h4-12,17,20H,1-3H3/t12-,17?/m1/s1. The molecule has 0 bridgehead atoms. The maximum absolute atomic E-state index is 6.10. The van der Waals surface area contributed by atoms with Gasteiger partial charge in [-0.2, -0.15) is 0 Å². The van der Waals surface area contributed by atoms with Gasteiger partial charge in [0.15, 0.2) is 0 Å². The van der Waals surface area contributed by atoms with E-state index in [4.69, 9.17) is 4.74 Å². The molecule has 3 rings (SSSR count). The van der Waals surface area contributed by atoms with E-state index in [1.807, 2.05) is 18.2 Å². The molecule has 1 N–H and O–H groups in total. The molecule has 3 heteroatoms. The normalized spacial score (nSPS) is 20.7. The van der Waals surface area contributed by atoms with Gasteiger partial charge in [0, 0.05) is 16.1 Å². The van der Waals surface area contributed by atoms with Crippen LogP contribution in [-0.2, 0) is 0 Å². The number of hydrogen-bond donors (Lipinski definition) is 1. The summed E-state index contributed by atoms with van der Waals surface area (Å²) in [4.78, 5) is 0. The molecule has 1 aliphatic rings. The summed E-state index contributed by atoms with van der Waals surface area (Å²) in [6.45, 7) is 6.47. The van der Waals surface area contributed by atoms with E-state index in [9.17, 15) is 0 Å². The highest BCUT2D eigenvalue weighted by Gasteiger charge is 2.41. The van der Waals surface area contributed by atoms with Gasteiger partial charge in [0.05, 0.1) is 6.04 Å². The third-order valence-corrected chi connectivity index (χ3v) is 4.56. The van der Waals surface area contributed by atoms with E-state index in [1.54, 1.807) is 0 Å². The molecule has 110 valence electrons. The summed E-state index contributed by atoms with van der Waals surface area (Å²) in [5, 5.41) is 3.72. The molecule has 2 aromatic carbocycles. The van der Waals surface area contributed by atoms with Crippen molar-refractivity contribution in [3.63, 3.8) is 0 Å². The SMILES string of the molecule is C[C@@H](NC1c2ccccc2OC1(C)C)c1cccc(Br)c1. The zero-order chi connectivity index (χ0) is 15.0. The molecule has 0 aromatic heterocycles. The smallest absolute Gasteiger partial charge is 0.125 e. The van der Waals surface area contributed by atoms with Crippen LogP contribution < -0.4 is 10.1 Å². The second-order valence-electron chi connectivity index (χ2n) is 6.12. The van der Waals surface area contributed by atoms with Gasteiger partial charge in [-0.1, -0.05) is 46.3 Å². The van der Waals surface area contributed by atoms with Gasteiger partial charge in [0.1, 0.15) is 11.4 Å². The van der Waals surface area contributed by atoms with Crippen molar-refractivity contribution in [2.24, 2.45) is 0 Å².